The summed E-state index contributed by atoms with van der Waals surface area (Å²) in [6.45, 7) is 3.68. The zero-order chi connectivity index (χ0) is 24.1. The van der Waals surface area contributed by atoms with E-state index in [-0.39, 0.29) is 24.2 Å². The Morgan fingerprint density at radius 3 is 1.68 bits per heavy atom. The molecule has 4 aromatic carbocycles. The summed E-state index contributed by atoms with van der Waals surface area (Å²) in [4.78, 5) is 12.6. The lowest BCUT2D eigenvalue weighted by Gasteiger charge is -2.17. The number of hydrogen-bond donors (Lipinski definition) is 0. The molecule has 0 radical (unpaired) electrons. The quantitative estimate of drug-likeness (QED) is 0.266. The van der Waals surface area contributed by atoms with Crippen molar-refractivity contribution in [1.29, 1.82) is 0 Å². The molecule has 4 rings (SSSR count). The Hall–Kier alpha value is -3.79. The molecule has 4 aromatic rings. The van der Waals surface area contributed by atoms with E-state index in [0.717, 1.165) is 16.7 Å². The van der Waals surface area contributed by atoms with E-state index in [2.05, 4.69) is 0 Å². The standard InChI is InChI=1S/C30H26F2O2/c1-20(24-13-15-26(28(31)17-24)22-9-5-3-6-10-22)19-34-30(33)21(2)25-14-16-27(29(32)18-25)23-11-7-4-8-12-23/h3-18,20-21H,19H2,1-2H3/t20-,21+/m1/s1. The summed E-state index contributed by atoms with van der Waals surface area (Å²) in [6.07, 6.45) is 0. The Labute approximate surface area is 198 Å². The Morgan fingerprint density at radius 2 is 1.18 bits per heavy atom. The maximum absolute atomic E-state index is 14.7. The van der Waals surface area contributed by atoms with Gasteiger partial charge in [0.15, 0.2) is 0 Å². The van der Waals surface area contributed by atoms with Gasteiger partial charge >= 0.3 is 5.97 Å². The van der Waals surface area contributed by atoms with Crippen molar-refractivity contribution in [3.05, 3.63) is 120 Å². The van der Waals surface area contributed by atoms with Gasteiger partial charge in [-0.05, 0) is 41.3 Å². The molecule has 0 aromatic heterocycles. The number of esters is 1. The van der Waals surface area contributed by atoms with Crippen molar-refractivity contribution in [2.45, 2.75) is 25.7 Å². The Kier molecular flexibility index (Phi) is 7.17. The zero-order valence-corrected chi connectivity index (χ0v) is 19.2. The molecule has 0 saturated heterocycles. The van der Waals surface area contributed by atoms with Crippen LogP contribution in [-0.4, -0.2) is 12.6 Å². The van der Waals surface area contributed by atoms with E-state index in [1.807, 2.05) is 73.7 Å². The van der Waals surface area contributed by atoms with Gasteiger partial charge in [-0.25, -0.2) is 8.78 Å². The van der Waals surface area contributed by atoms with Gasteiger partial charge in [-0.2, -0.15) is 0 Å². The average molecular weight is 457 g/mol. The van der Waals surface area contributed by atoms with Crippen LogP contribution in [0.1, 0.15) is 36.8 Å². The van der Waals surface area contributed by atoms with Crippen LogP contribution in [0.3, 0.4) is 0 Å². The van der Waals surface area contributed by atoms with E-state index < -0.39 is 11.9 Å². The number of benzene rings is 4. The van der Waals surface area contributed by atoms with E-state index in [0.29, 0.717) is 16.7 Å². The van der Waals surface area contributed by atoms with E-state index in [4.69, 9.17) is 4.74 Å². The molecule has 172 valence electrons. The molecule has 0 saturated carbocycles. The molecule has 0 aliphatic carbocycles. The van der Waals surface area contributed by atoms with Crippen LogP contribution < -0.4 is 0 Å². The first kappa shape index (κ1) is 23.4. The third-order valence-corrected chi connectivity index (χ3v) is 6.05. The Balaban J connectivity index is 1.39. The first-order valence-corrected chi connectivity index (χ1v) is 11.3. The number of hydrogen-bond acceptors (Lipinski definition) is 2. The summed E-state index contributed by atoms with van der Waals surface area (Å²) < 4.78 is 34.9. The van der Waals surface area contributed by atoms with E-state index in [1.165, 1.54) is 12.1 Å². The first-order valence-electron chi connectivity index (χ1n) is 11.3. The highest BCUT2D eigenvalue weighted by Crippen LogP contribution is 2.28. The molecular formula is C30H26F2O2. The summed E-state index contributed by atoms with van der Waals surface area (Å²) in [5, 5.41) is 0. The normalized spacial score (nSPS) is 12.7. The number of carbonyl (C=O) groups is 1. The van der Waals surface area contributed by atoms with Crippen LogP contribution >= 0.6 is 0 Å². The molecule has 0 spiro atoms. The summed E-state index contributed by atoms with van der Waals surface area (Å²) in [5.41, 5.74) is 3.90. The van der Waals surface area contributed by atoms with E-state index in [9.17, 15) is 13.6 Å². The second kappa shape index (κ2) is 10.4. The van der Waals surface area contributed by atoms with Crippen LogP contribution in [0.4, 0.5) is 8.78 Å². The minimum Gasteiger partial charge on any atom is -0.465 e. The van der Waals surface area contributed by atoms with Gasteiger partial charge in [-0.3, -0.25) is 4.79 Å². The highest BCUT2D eigenvalue weighted by Gasteiger charge is 2.20. The molecule has 0 aliphatic rings. The van der Waals surface area contributed by atoms with Gasteiger partial charge in [0.2, 0.25) is 0 Å². The van der Waals surface area contributed by atoms with Crippen LogP contribution in [0.2, 0.25) is 0 Å². The SMILES string of the molecule is C[C@H](COC(=O)[C@@H](C)c1ccc(-c2ccccc2)c(F)c1)c1ccc(-c2ccccc2)c(F)c1. The molecule has 0 aliphatic heterocycles. The topological polar surface area (TPSA) is 26.3 Å². The maximum atomic E-state index is 14.7. The van der Waals surface area contributed by atoms with Gasteiger partial charge in [0.1, 0.15) is 11.6 Å². The summed E-state index contributed by atoms with van der Waals surface area (Å²) >= 11 is 0. The number of halogens is 2. The average Bonchev–Trinajstić information content (AvgIpc) is 2.87. The van der Waals surface area contributed by atoms with Gasteiger partial charge in [-0.1, -0.05) is 91.9 Å². The minimum absolute atomic E-state index is 0.109. The molecule has 0 bridgehead atoms. The largest absolute Gasteiger partial charge is 0.465 e. The molecule has 34 heavy (non-hydrogen) atoms. The monoisotopic (exact) mass is 456 g/mol. The first-order chi connectivity index (χ1) is 16.4. The molecular weight excluding hydrogens is 430 g/mol. The molecule has 0 heterocycles. The summed E-state index contributed by atoms with van der Waals surface area (Å²) in [6, 6.07) is 28.5. The van der Waals surface area contributed by atoms with Crippen molar-refractivity contribution >= 4 is 5.97 Å². The minimum atomic E-state index is -0.622. The fourth-order valence-electron chi connectivity index (χ4n) is 3.91. The lowest BCUT2D eigenvalue weighted by Crippen LogP contribution is -2.17. The molecule has 0 unspecified atom stereocenters. The highest BCUT2D eigenvalue weighted by atomic mass is 19.1. The zero-order valence-electron chi connectivity index (χ0n) is 19.2. The second-order valence-corrected chi connectivity index (χ2v) is 8.46. The molecule has 0 fully saturated rings. The maximum Gasteiger partial charge on any atom is 0.313 e. The van der Waals surface area contributed by atoms with Crippen LogP contribution in [0.5, 0.6) is 0 Å². The van der Waals surface area contributed by atoms with Gasteiger partial charge in [0.25, 0.3) is 0 Å². The number of rotatable bonds is 7. The Bertz CT molecular complexity index is 1270. The number of carbonyl (C=O) groups excluding carboxylic acids is 1. The third-order valence-electron chi connectivity index (χ3n) is 6.05. The van der Waals surface area contributed by atoms with Crippen LogP contribution in [0, 0.1) is 11.6 Å². The van der Waals surface area contributed by atoms with Crippen molar-refractivity contribution in [2.24, 2.45) is 0 Å². The van der Waals surface area contributed by atoms with Gasteiger partial charge in [0.05, 0.1) is 12.5 Å². The molecule has 2 nitrogen and oxygen atoms in total. The van der Waals surface area contributed by atoms with Crippen LogP contribution in [-0.2, 0) is 9.53 Å². The fourth-order valence-corrected chi connectivity index (χ4v) is 3.91. The van der Waals surface area contributed by atoms with Gasteiger partial charge < -0.3 is 4.74 Å². The van der Waals surface area contributed by atoms with Crippen molar-refractivity contribution in [1.82, 2.24) is 0 Å². The predicted molar refractivity (Wildman–Crippen MR) is 131 cm³/mol. The molecule has 2 atom stereocenters. The predicted octanol–water partition coefficient (Wildman–Crippen LogP) is 7.75. The molecule has 0 amide bonds. The van der Waals surface area contributed by atoms with Crippen molar-refractivity contribution in [3.63, 3.8) is 0 Å². The third kappa shape index (κ3) is 5.23. The van der Waals surface area contributed by atoms with Crippen LogP contribution in [0.15, 0.2) is 97.1 Å². The lowest BCUT2D eigenvalue weighted by molar-refractivity contribution is -0.145. The van der Waals surface area contributed by atoms with Crippen LogP contribution in [0.25, 0.3) is 22.3 Å². The lowest BCUT2D eigenvalue weighted by atomic mass is 9.96. The van der Waals surface area contributed by atoms with E-state index in [1.54, 1.807) is 25.1 Å². The molecule has 0 N–H and O–H groups in total. The number of ether oxygens (including phenoxy) is 1. The summed E-state index contributed by atoms with van der Waals surface area (Å²) in [5.74, 6) is -1.95. The fraction of sp³-hybridized carbons (Fsp3) is 0.167. The second-order valence-electron chi connectivity index (χ2n) is 8.46. The summed E-state index contributed by atoms with van der Waals surface area (Å²) in [7, 11) is 0. The van der Waals surface area contributed by atoms with Crippen molar-refractivity contribution in [3.8, 4) is 22.3 Å². The van der Waals surface area contributed by atoms with Crippen molar-refractivity contribution in [2.75, 3.05) is 6.61 Å². The molecule has 4 heteroatoms. The smallest absolute Gasteiger partial charge is 0.313 e. The Morgan fingerprint density at radius 1 is 0.706 bits per heavy atom. The van der Waals surface area contributed by atoms with Crippen molar-refractivity contribution < 1.29 is 18.3 Å². The van der Waals surface area contributed by atoms with Gasteiger partial charge in [-0.15, -0.1) is 0 Å². The van der Waals surface area contributed by atoms with E-state index >= 15 is 0 Å². The van der Waals surface area contributed by atoms with Gasteiger partial charge in [0, 0.05) is 17.0 Å². The highest BCUT2D eigenvalue weighted by molar-refractivity contribution is 5.78.